The molecule has 5 nitrogen and oxygen atoms in total. The molecule has 1 aromatic heterocycles. The summed E-state index contributed by atoms with van der Waals surface area (Å²) in [7, 11) is 0. The molecule has 0 atom stereocenters. The van der Waals surface area contributed by atoms with Gasteiger partial charge < -0.3 is 14.7 Å². The third kappa shape index (κ3) is 2.39. The predicted molar refractivity (Wildman–Crippen MR) is 75.6 cm³/mol. The smallest absolute Gasteiger partial charge is 0.322 e. The SMILES string of the molecule is Cc1ccc(NC(=O)N2CCc3c(C)noc3C2)cc1. The molecular formula is C15H17N3O2. The molecule has 0 aliphatic carbocycles. The molecule has 0 unspecified atom stereocenters. The highest BCUT2D eigenvalue weighted by Gasteiger charge is 2.25. The van der Waals surface area contributed by atoms with Crippen molar-refractivity contribution in [2.75, 3.05) is 11.9 Å². The molecule has 2 aromatic rings. The van der Waals surface area contributed by atoms with Gasteiger partial charge in [0.15, 0.2) is 5.76 Å². The zero-order chi connectivity index (χ0) is 14.1. The maximum atomic E-state index is 12.2. The highest BCUT2D eigenvalue weighted by molar-refractivity contribution is 5.89. The van der Waals surface area contributed by atoms with E-state index in [2.05, 4.69) is 10.5 Å². The first-order chi connectivity index (χ1) is 9.63. The van der Waals surface area contributed by atoms with E-state index in [0.717, 1.165) is 29.1 Å². The number of hydrogen-bond acceptors (Lipinski definition) is 3. The van der Waals surface area contributed by atoms with E-state index >= 15 is 0 Å². The van der Waals surface area contributed by atoms with Crippen LogP contribution in [0.15, 0.2) is 28.8 Å². The van der Waals surface area contributed by atoms with Gasteiger partial charge in [0.1, 0.15) is 0 Å². The molecule has 1 aromatic carbocycles. The van der Waals surface area contributed by atoms with Crippen molar-refractivity contribution in [1.82, 2.24) is 10.1 Å². The van der Waals surface area contributed by atoms with Crippen LogP contribution in [0.25, 0.3) is 0 Å². The van der Waals surface area contributed by atoms with E-state index in [1.54, 1.807) is 4.90 Å². The van der Waals surface area contributed by atoms with Crippen LogP contribution >= 0.6 is 0 Å². The normalized spacial score (nSPS) is 14.0. The number of nitrogens with zero attached hydrogens (tertiary/aromatic N) is 2. The van der Waals surface area contributed by atoms with E-state index in [1.807, 2.05) is 38.1 Å². The number of amides is 2. The van der Waals surface area contributed by atoms with Crippen molar-refractivity contribution in [3.8, 4) is 0 Å². The summed E-state index contributed by atoms with van der Waals surface area (Å²) in [6, 6.07) is 7.66. The van der Waals surface area contributed by atoms with Gasteiger partial charge in [0.2, 0.25) is 0 Å². The van der Waals surface area contributed by atoms with Crippen LogP contribution in [0.1, 0.15) is 22.6 Å². The molecular weight excluding hydrogens is 254 g/mol. The van der Waals surface area contributed by atoms with E-state index in [0.29, 0.717) is 13.1 Å². The van der Waals surface area contributed by atoms with Crippen molar-refractivity contribution < 1.29 is 9.32 Å². The molecule has 1 N–H and O–H groups in total. The number of anilines is 1. The average Bonchev–Trinajstić information content (AvgIpc) is 2.82. The zero-order valence-corrected chi connectivity index (χ0v) is 11.6. The Morgan fingerprint density at radius 1 is 1.30 bits per heavy atom. The molecule has 2 heterocycles. The topological polar surface area (TPSA) is 58.4 Å². The molecule has 0 radical (unpaired) electrons. The van der Waals surface area contributed by atoms with Gasteiger partial charge >= 0.3 is 6.03 Å². The maximum absolute atomic E-state index is 12.2. The molecule has 3 rings (SSSR count). The number of carbonyl (C=O) groups is 1. The summed E-state index contributed by atoms with van der Waals surface area (Å²) in [6.07, 6.45) is 0.798. The fourth-order valence-electron chi connectivity index (χ4n) is 2.39. The largest absolute Gasteiger partial charge is 0.359 e. The number of fused-ring (bicyclic) bond motifs is 1. The minimum atomic E-state index is -0.103. The third-order valence-corrected chi connectivity index (χ3v) is 3.62. The molecule has 20 heavy (non-hydrogen) atoms. The molecule has 5 heteroatoms. The van der Waals surface area contributed by atoms with Crippen molar-refractivity contribution in [2.24, 2.45) is 0 Å². The van der Waals surface area contributed by atoms with Gasteiger partial charge in [-0.3, -0.25) is 0 Å². The lowest BCUT2D eigenvalue weighted by atomic mass is 10.1. The first-order valence-electron chi connectivity index (χ1n) is 6.70. The fraction of sp³-hybridized carbons (Fsp3) is 0.333. The Hall–Kier alpha value is -2.30. The summed E-state index contributed by atoms with van der Waals surface area (Å²) < 4.78 is 5.26. The quantitative estimate of drug-likeness (QED) is 0.867. The number of urea groups is 1. The summed E-state index contributed by atoms with van der Waals surface area (Å²) in [6.45, 7) is 5.12. The lowest BCUT2D eigenvalue weighted by Crippen LogP contribution is -2.38. The second-order valence-electron chi connectivity index (χ2n) is 5.14. The van der Waals surface area contributed by atoms with E-state index < -0.39 is 0 Å². The van der Waals surface area contributed by atoms with E-state index in [4.69, 9.17) is 4.52 Å². The van der Waals surface area contributed by atoms with Gasteiger partial charge in [0, 0.05) is 17.8 Å². The molecule has 0 saturated heterocycles. The Labute approximate surface area is 117 Å². The summed E-state index contributed by atoms with van der Waals surface area (Å²) in [5.74, 6) is 0.799. The maximum Gasteiger partial charge on any atom is 0.322 e. The van der Waals surface area contributed by atoms with Crippen molar-refractivity contribution >= 4 is 11.7 Å². The van der Waals surface area contributed by atoms with Crippen molar-refractivity contribution in [3.05, 3.63) is 46.8 Å². The van der Waals surface area contributed by atoms with Crippen LogP contribution in [-0.2, 0) is 13.0 Å². The van der Waals surface area contributed by atoms with Crippen LogP contribution in [0.3, 0.4) is 0 Å². The average molecular weight is 271 g/mol. The minimum Gasteiger partial charge on any atom is -0.359 e. The van der Waals surface area contributed by atoms with Crippen LogP contribution in [0.5, 0.6) is 0 Å². The van der Waals surface area contributed by atoms with Gasteiger partial charge in [-0.15, -0.1) is 0 Å². The molecule has 0 spiro atoms. The molecule has 1 aliphatic rings. The van der Waals surface area contributed by atoms with Crippen molar-refractivity contribution in [1.29, 1.82) is 0 Å². The number of aromatic nitrogens is 1. The molecule has 104 valence electrons. The summed E-state index contributed by atoms with van der Waals surface area (Å²) in [5.41, 5.74) is 4.05. The Morgan fingerprint density at radius 3 is 2.80 bits per heavy atom. The van der Waals surface area contributed by atoms with Gasteiger partial charge in [0.05, 0.1) is 12.2 Å². The molecule has 0 bridgehead atoms. The van der Waals surface area contributed by atoms with E-state index in [1.165, 1.54) is 5.56 Å². The Morgan fingerprint density at radius 2 is 2.05 bits per heavy atom. The number of carbonyl (C=O) groups excluding carboxylic acids is 1. The lowest BCUT2D eigenvalue weighted by Gasteiger charge is -2.25. The molecule has 0 saturated carbocycles. The van der Waals surface area contributed by atoms with Gasteiger partial charge in [-0.25, -0.2) is 4.79 Å². The lowest BCUT2D eigenvalue weighted by molar-refractivity contribution is 0.196. The van der Waals surface area contributed by atoms with Gasteiger partial charge in [-0.1, -0.05) is 22.9 Å². The second-order valence-corrected chi connectivity index (χ2v) is 5.14. The molecule has 2 amide bonds. The standard InChI is InChI=1S/C15H17N3O2/c1-10-3-5-12(6-4-10)16-15(19)18-8-7-13-11(2)17-20-14(13)9-18/h3-6H,7-9H2,1-2H3,(H,16,19). The van der Waals surface area contributed by atoms with Crippen molar-refractivity contribution in [2.45, 2.75) is 26.8 Å². The highest BCUT2D eigenvalue weighted by Crippen LogP contribution is 2.22. The van der Waals surface area contributed by atoms with E-state index in [-0.39, 0.29) is 6.03 Å². The van der Waals surface area contributed by atoms with Crippen LogP contribution in [0.2, 0.25) is 0 Å². The number of nitrogens with one attached hydrogen (secondary N) is 1. The third-order valence-electron chi connectivity index (χ3n) is 3.62. The van der Waals surface area contributed by atoms with Gasteiger partial charge in [0.25, 0.3) is 0 Å². The molecule has 1 aliphatic heterocycles. The van der Waals surface area contributed by atoms with Crippen LogP contribution in [-0.4, -0.2) is 22.6 Å². The summed E-state index contributed by atoms with van der Waals surface area (Å²) in [5, 5.41) is 6.85. The summed E-state index contributed by atoms with van der Waals surface area (Å²) >= 11 is 0. The predicted octanol–water partition coefficient (Wildman–Crippen LogP) is 2.88. The fourth-order valence-corrected chi connectivity index (χ4v) is 2.39. The molecule has 0 fully saturated rings. The Kier molecular flexibility index (Phi) is 3.18. The van der Waals surface area contributed by atoms with Crippen LogP contribution in [0.4, 0.5) is 10.5 Å². The number of benzene rings is 1. The zero-order valence-electron chi connectivity index (χ0n) is 11.6. The Bertz CT molecular complexity index is 631. The first-order valence-corrected chi connectivity index (χ1v) is 6.70. The Balaban J connectivity index is 1.68. The van der Waals surface area contributed by atoms with E-state index in [9.17, 15) is 4.79 Å². The monoisotopic (exact) mass is 271 g/mol. The van der Waals surface area contributed by atoms with Gasteiger partial charge in [-0.2, -0.15) is 0 Å². The first kappa shape index (κ1) is 12.7. The summed E-state index contributed by atoms with van der Waals surface area (Å²) in [4.78, 5) is 14.0. The minimum absolute atomic E-state index is 0.103. The number of aryl methyl sites for hydroxylation is 2. The van der Waals surface area contributed by atoms with Gasteiger partial charge in [-0.05, 0) is 32.4 Å². The van der Waals surface area contributed by atoms with Crippen LogP contribution < -0.4 is 5.32 Å². The highest BCUT2D eigenvalue weighted by atomic mass is 16.5. The second kappa shape index (κ2) is 5.00. The number of hydrogen-bond donors (Lipinski definition) is 1. The number of rotatable bonds is 1. The van der Waals surface area contributed by atoms with Crippen LogP contribution in [0, 0.1) is 13.8 Å². The van der Waals surface area contributed by atoms with Crippen molar-refractivity contribution in [3.63, 3.8) is 0 Å².